The molecule has 2 heterocycles. The van der Waals surface area contributed by atoms with Crippen LogP contribution in [0.5, 0.6) is 0 Å². The normalized spacial score (nSPS) is 22.9. The van der Waals surface area contributed by atoms with Crippen LogP contribution >= 0.6 is 0 Å². The molecule has 86 valence electrons. The summed E-state index contributed by atoms with van der Waals surface area (Å²) in [5.41, 5.74) is 4.86. The Balaban J connectivity index is 1.81. The molecule has 16 heavy (non-hydrogen) atoms. The fourth-order valence-corrected chi connectivity index (χ4v) is 2.30. The van der Waals surface area contributed by atoms with Crippen molar-refractivity contribution < 1.29 is 5.11 Å². The number of hydrogen-bond donors (Lipinski definition) is 3. The van der Waals surface area contributed by atoms with Gasteiger partial charge in [0.1, 0.15) is 11.3 Å². The van der Waals surface area contributed by atoms with Gasteiger partial charge in [0.05, 0.1) is 19.4 Å². The second-order valence-electron chi connectivity index (χ2n) is 4.70. The molecule has 6 nitrogen and oxygen atoms in total. The third kappa shape index (κ3) is 1.30. The first kappa shape index (κ1) is 9.65. The van der Waals surface area contributed by atoms with E-state index in [0.29, 0.717) is 24.8 Å². The number of rotatable bonds is 2. The average Bonchev–Trinajstić information content (AvgIpc) is 3.01. The minimum Gasteiger partial charge on any atom is -0.391 e. The van der Waals surface area contributed by atoms with E-state index in [1.807, 2.05) is 4.90 Å². The largest absolute Gasteiger partial charge is 0.391 e. The van der Waals surface area contributed by atoms with Crippen LogP contribution in [0.4, 0.5) is 11.5 Å². The van der Waals surface area contributed by atoms with Gasteiger partial charge < -0.3 is 20.7 Å². The van der Waals surface area contributed by atoms with Gasteiger partial charge in [0.25, 0.3) is 5.56 Å². The molecule has 2 aliphatic rings. The number of hydrogen-bond acceptors (Lipinski definition) is 5. The van der Waals surface area contributed by atoms with Crippen LogP contribution in [0, 0.1) is 5.92 Å². The molecule has 6 heteroatoms. The Hall–Kier alpha value is -1.56. The lowest BCUT2D eigenvalue weighted by Crippen LogP contribution is -2.63. The van der Waals surface area contributed by atoms with Gasteiger partial charge in [-0.15, -0.1) is 0 Å². The topological polar surface area (TPSA) is 95.2 Å². The summed E-state index contributed by atoms with van der Waals surface area (Å²) in [5.74, 6) is 0.904. The Labute approximate surface area is 92.1 Å². The number of anilines is 2. The summed E-state index contributed by atoms with van der Waals surface area (Å²) in [6.45, 7) is 1.05. The van der Waals surface area contributed by atoms with E-state index >= 15 is 0 Å². The smallest absolute Gasteiger partial charge is 0.276 e. The molecule has 4 N–H and O–H groups in total. The number of aliphatic hydroxyl groups is 1. The molecule has 0 atom stereocenters. The van der Waals surface area contributed by atoms with E-state index in [0.717, 1.165) is 12.8 Å². The van der Waals surface area contributed by atoms with Crippen molar-refractivity contribution in [1.29, 1.82) is 0 Å². The van der Waals surface area contributed by atoms with Gasteiger partial charge in [0.15, 0.2) is 5.82 Å². The van der Waals surface area contributed by atoms with Crippen LogP contribution in [0.15, 0.2) is 11.1 Å². The van der Waals surface area contributed by atoms with Crippen LogP contribution in [-0.4, -0.2) is 33.8 Å². The summed E-state index contributed by atoms with van der Waals surface area (Å²) in [6, 6.07) is 0. The monoisotopic (exact) mass is 222 g/mol. The average molecular weight is 222 g/mol. The third-order valence-electron chi connectivity index (χ3n) is 3.43. The highest BCUT2D eigenvalue weighted by Crippen LogP contribution is 2.45. The van der Waals surface area contributed by atoms with E-state index in [2.05, 4.69) is 9.97 Å². The Bertz CT molecular complexity index is 474. The number of nitrogen functional groups attached to an aromatic ring is 1. The minimum absolute atomic E-state index is 0.125. The predicted octanol–water partition coefficient (Wildman–Crippen LogP) is -0.687. The van der Waals surface area contributed by atoms with Crippen molar-refractivity contribution in [2.24, 2.45) is 5.92 Å². The number of aromatic nitrogens is 2. The summed E-state index contributed by atoms with van der Waals surface area (Å²) < 4.78 is 0. The van der Waals surface area contributed by atoms with Crippen LogP contribution in [0.2, 0.25) is 0 Å². The summed E-state index contributed by atoms with van der Waals surface area (Å²) in [4.78, 5) is 19.6. The second kappa shape index (κ2) is 2.98. The summed E-state index contributed by atoms with van der Waals surface area (Å²) >= 11 is 0. The van der Waals surface area contributed by atoms with Crippen LogP contribution in [0.25, 0.3) is 0 Å². The fourth-order valence-electron chi connectivity index (χ4n) is 2.30. The highest BCUT2D eigenvalue weighted by molar-refractivity contribution is 5.63. The molecule has 1 saturated carbocycles. The number of β-amino-alcohol motifs (C(OH)–C–C–N with tert-alkyl or cyclic N) is 1. The van der Waals surface area contributed by atoms with Gasteiger partial charge in [-0.2, -0.15) is 0 Å². The molecule has 0 aromatic carbocycles. The standard InChI is InChI=1S/C10H14N4O2/c11-7-8(12-5-13-9(7)15)14-3-10(16,4-14)6-1-2-6/h5-6,16H,1-4,11H2,(H,12,13,15). The maximum absolute atomic E-state index is 11.3. The van der Waals surface area contributed by atoms with Crippen LogP contribution in [-0.2, 0) is 0 Å². The summed E-state index contributed by atoms with van der Waals surface area (Å²) in [7, 11) is 0. The minimum atomic E-state index is -0.587. The molecule has 0 bridgehead atoms. The fraction of sp³-hybridized carbons (Fsp3) is 0.600. The third-order valence-corrected chi connectivity index (χ3v) is 3.43. The Morgan fingerprint density at radius 2 is 2.25 bits per heavy atom. The van der Waals surface area contributed by atoms with Crippen molar-refractivity contribution in [2.75, 3.05) is 23.7 Å². The molecule has 1 aliphatic heterocycles. The van der Waals surface area contributed by atoms with E-state index in [1.165, 1.54) is 6.33 Å². The molecule has 1 saturated heterocycles. The molecule has 0 amide bonds. The number of aromatic amines is 1. The maximum atomic E-state index is 11.3. The predicted molar refractivity (Wildman–Crippen MR) is 59.2 cm³/mol. The van der Waals surface area contributed by atoms with Crippen LogP contribution < -0.4 is 16.2 Å². The van der Waals surface area contributed by atoms with E-state index in [9.17, 15) is 9.90 Å². The SMILES string of the molecule is Nc1c(N2CC(O)(C3CC3)C2)nc[nH]c1=O. The first-order valence-electron chi connectivity index (χ1n) is 5.41. The van der Waals surface area contributed by atoms with E-state index < -0.39 is 5.60 Å². The van der Waals surface area contributed by atoms with Gasteiger partial charge in [-0.25, -0.2) is 4.98 Å². The Kier molecular flexibility index (Phi) is 1.79. The van der Waals surface area contributed by atoms with Crippen molar-refractivity contribution in [3.05, 3.63) is 16.7 Å². The van der Waals surface area contributed by atoms with Gasteiger partial charge >= 0.3 is 0 Å². The van der Waals surface area contributed by atoms with Crippen LogP contribution in [0.3, 0.4) is 0 Å². The zero-order valence-corrected chi connectivity index (χ0v) is 8.81. The van der Waals surface area contributed by atoms with Crippen LogP contribution in [0.1, 0.15) is 12.8 Å². The van der Waals surface area contributed by atoms with E-state index in [1.54, 1.807) is 0 Å². The molecule has 0 spiro atoms. The highest BCUT2D eigenvalue weighted by atomic mass is 16.3. The van der Waals surface area contributed by atoms with Gasteiger partial charge in [-0.1, -0.05) is 0 Å². The number of nitrogens with zero attached hydrogens (tertiary/aromatic N) is 2. The van der Waals surface area contributed by atoms with E-state index in [-0.39, 0.29) is 11.2 Å². The van der Waals surface area contributed by atoms with Gasteiger partial charge in [0, 0.05) is 0 Å². The molecule has 2 fully saturated rings. The zero-order chi connectivity index (χ0) is 11.3. The second-order valence-corrected chi connectivity index (χ2v) is 4.70. The molecule has 1 aromatic heterocycles. The quantitative estimate of drug-likeness (QED) is 0.616. The summed E-state index contributed by atoms with van der Waals surface area (Å²) in [6.07, 6.45) is 3.54. The summed E-state index contributed by atoms with van der Waals surface area (Å²) in [5, 5.41) is 10.1. The highest BCUT2D eigenvalue weighted by Gasteiger charge is 2.52. The Morgan fingerprint density at radius 1 is 1.56 bits per heavy atom. The molecule has 3 rings (SSSR count). The first-order valence-corrected chi connectivity index (χ1v) is 5.41. The maximum Gasteiger partial charge on any atom is 0.276 e. The first-order chi connectivity index (χ1) is 7.60. The molecule has 1 aliphatic carbocycles. The van der Waals surface area contributed by atoms with Gasteiger partial charge in [-0.05, 0) is 18.8 Å². The molecule has 0 radical (unpaired) electrons. The Morgan fingerprint density at radius 3 is 2.88 bits per heavy atom. The van der Waals surface area contributed by atoms with Gasteiger partial charge in [0.2, 0.25) is 0 Å². The van der Waals surface area contributed by atoms with Crippen molar-refractivity contribution in [2.45, 2.75) is 18.4 Å². The van der Waals surface area contributed by atoms with E-state index in [4.69, 9.17) is 5.73 Å². The number of nitrogens with one attached hydrogen (secondary N) is 1. The molecule has 0 unspecified atom stereocenters. The molecular weight excluding hydrogens is 208 g/mol. The number of nitrogens with two attached hydrogens (primary N) is 1. The lowest BCUT2D eigenvalue weighted by Gasteiger charge is -2.47. The van der Waals surface area contributed by atoms with Crippen molar-refractivity contribution in [3.8, 4) is 0 Å². The zero-order valence-electron chi connectivity index (χ0n) is 8.81. The number of H-pyrrole nitrogens is 1. The van der Waals surface area contributed by atoms with Crippen molar-refractivity contribution >= 4 is 11.5 Å². The van der Waals surface area contributed by atoms with Crippen molar-refractivity contribution in [3.63, 3.8) is 0 Å². The van der Waals surface area contributed by atoms with Crippen molar-refractivity contribution in [1.82, 2.24) is 9.97 Å². The molecule has 1 aromatic rings. The van der Waals surface area contributed by atoms with Gasteiger partial charge in [-0.3, -0.25) is 4.79 Å². The molecular formula is C10H14N4O2. The lowest BCUT2D eigenvalue weighted by molar-refractivity contribution is -0.00967. The lowest BCUT2D eigenvalue weighted by atomic mass is 9.89.